The lowest BCUT2D eigenvalue weighted by molar-refractivity contribution is 0.102. The molecule has 0 atom stereocenters. The fourth-order valence-electron chi connectivity index (χ4n) is 4.21. The number of hydrogen-bond donors (Lipinski definition) is 1. The number of amides is 1. The molecule has 0 unspecified atom stereocenters. The fourth-order valence-corrected chi connectivity index (χ4v) is 4.21. The van der Waals surface area contributed by atoms with Crippen molar-refractivity contribution < 1.29 is 18.3 Å². The van der Waals surface area contributed by atoms with Crippen molar-refractivity contribution in [1.29, 1.82) is 0 Å². The fraction of sp³-hybridized carbons (Fsp3) is 0.308. The topological polar surface area (TPSA) is 54.5 Å². The van der Waals surface area contributed by atoms with Crippen LogP contribution in [0, 0.1) is 18.6 Å². The molecule has 7 heteroatoms. The number of hydrogen-bond acceptors (Lipinski definition) is 4. The highest BCUT2D eigenvalue weighted by Crippen LogP contribution is 2.31. The molecule has 1 aromatic heterocycles. The van der Waals surface area contributed by atoms with Gasteiger partial charge in [-0.05, 0) is 75.3 Å². The highest BCUT2D eigenvalue weighted by molar-refractivity contribution is 6.05. The quantitative estimate of drug-likeness (QED) is 0.552. The number of carbonyl (C=O) groups excluding carboxylic acids is 1. The zero-order chi connectivity index (χ0) is 23.4. The van der Waals surface area contributed by atoms with E-state index in [0.717, 1.165) is 49.1 Å². The van der Waals surface area contributed by atoms with E-state index >= 15 is 0 Å². The summed E-state index contributed by atoms with van der Waals surface area (Å²) in [5.41, 5.74) is 3.40. The number of halogens is 2. The molecule has 1 N–H and O–H groups in total. The van der Waals surface area contributed by atoms with Crippen LogP contribution in [0.2, 0.25) is 0 Å². The molecule has 5 nitrogen and oxygen atoms in total. The molecule has 1 fully saturated rings. The molecule has 2 heterocycles. The van der Waals surface area contributed by atoms with Crippen molar-refractivity contribution in [3.8, 4) is 5.75 Å². The predicted octanol–water partition coefficient (Wildman–Crippen LogP) is 5.31. The highest BCUT2D eigenvalue weighted by Gasteiger charge is 2.26. The summed E-state index contributed by atoms with van der Waals surface area (Å²) in [6.45, 7) is 3.85. The molecule has 0 spiro atoms. The highest BCUT2D eigenvalue weighted by atomic mass is 19.1. The lowest BCUT2D eigenvalue weighted by Crippen LogP contribution is -2.33. The minimum atomic E-state index is -0.569. The summed E-state index contributed by atoms with van der Waals surface area (Å²) >= 11 is 0. The van der Waals surface area contributed by atoms with Gasteiger partial charge in [-0.15, -0.1) is 0 Å². The average molecular weight is 452 g/mol. The minimum absolute atomic E-state index is 0.135. The molecule has 2 aromatic carbocycles. The maximum absolute atomic E-state index is 14.0. The van der Waals surface area contributed by atoms with Gasteiger partial charge in [-0.1, -0.05) is 6.07 Å². The van der Waals surface area contributed by atoms with Crippen LogP contribution in [0.1, 0.15) is 46.1 Å². The molecule has 4 rings (SSSR count). The van der Waals surface area contributed by atoms with Crippen LogP contribution in [-0.2, 0) is 6.54 Å². The number of ether oxygens (including phenoxy) is 1. The van der Waals surface area contributed by atoms with E-state index in [1.807, 2.05) is 19.1 Å². The van der Waals surface area contributed by atoms with E-state index < -0.39 is 11.6 Å². The monoisotopic (exact) mass is 451 g/mol. The Bertz CT molecular complexity index is 1130. The van der Waals surface area contributed by atoms with E-state index in [0.29, 0.717) is 23.4 Å². The molecule has 33 heavy (non-hydrogen) atoms. The van der Waals surface area contributed by atoms with Crippen molar-refractivity contribution in [3.63, 3.8) is 0 Å². The van der Waals surface area contributed by atoms with E-state index in [4.69, 9.17) is 9.72 Å². The number of carbonyl (C=O) groups is 1. The lowest BCUT2D eigenvalue weighted by atomic mass is 9.89. The molecule has 1 amide bonds. The number of likely N-dealkylation sites (tertiary alicyclic amines) is 1. The molecule has 3 aromatic rings. The Morgan fingerprint density at radius 1 is 1.09 bits per heavy atom. The first-order chi connectivity index (χ1) is 15.9. The van der Waals surface area contributed by atoms with E-state index in [1.54, 1.807) is 31.4 Å². The molecule has 1 saturated heterocycles. The zero-order valence-electron chi connectivity index (χ0n) is 18.8. The van der Waals surface area contributed by atoms with Crippen molar-refractivity contribution in [3.05, 3.63) is 88.7 Å². The van der Waals surface area contributed by atoms with Gasteiger partial charge in [0.2, 0.25) is 0 Å². The van der Waals surface area contributed by atoms with Crippen LogP contribution in [-0.4, -0.2) is 36.0 Å². The molecule has 0 bridgehead atoms. The largest absolute Gasteiger partial charge is 0.497 e. The molecule has 172 valence electrons. The summed E-state index contributed by atoms with van der Waals surface area (Å²) in [5.74, 6) is -0.428. The van der Waals surface area contributed by atoms with E-state index in [2.05, 4.69) is 10.2 Å². The normalized spacial score (nSPS) is 14.8. The van der Waals surface area contributed by atoms with Crippen LogP contribution in [0.15, 0.2) is 54.6 Å². The molecule has 1 aliphatic rings. The molecular weight excluding hydrogens is 424 g/mol. The Labute approximate surface area is 192 Å². The number of rotatable bonds is 6. The van der Waals surface area contributed by atoms with Gasteiger partial charge in [-0.2, -0.15) is 0 Å². The van der Waals surface area contributed by atoms with Crippen LogP contribution in [0.25, 0.3) is 0 Å². The zero-order valence-corrected chi connectivity index (χ0v) is 18.8. The Hall–Kier alpha value is -3.32. The predicted molar refractivity (Wildman–Crippen MR) is 124 cm³/mol. The average Bonchev–Trinajstić information content (AvgIpc) is 2.82. The number of pyridine rings is 1. The summed E-state index contributed by atoms with van der Waals surface area (Å²) < 4.78 is 32.4. The van der Waals surface area contributed by atoms with Gasteiger partial charge >= 0.3 is 0 Å². The maximum atomic E-state index is 14.0. The molecular formula is C26H27F2N3O2. The van der Waals surface area contributed by atoms with Crippen molar-refractivity contribution in [2.45, 2.75) is 32.2 Å². The van der Waals surface area contributed by atoms with Crippen LogP contribution < -0.4 is 10.1 Å². The third kappa shape index (κ3) is 5.54. The van der Waals surface area contributed by atoms with E-state index in [9.17, 15) is 13.6 Å². The molecule has 0 aliphatic carbocycles. The first-order valence-corrected chi connectivity index (χ1v) is 11.0. The molecule has 1 aliphatic heterocycles. The first-order valence-electron chi connectivity index (χ1n) is 11.0. The standard InChI is InChI=1S/C26H27F2N3O2/c1-17-3-10-23(26(32)30-21-6-8-22(33-2)9-7-21)25(29-17)18-11-13-31(14-12-18)16-19-4-5-20(27)15-24(19)28/h3-10,15,18H,11-14,16H2,1-2H3,(H,30,32). The molecule has 0 saturated carbocycles. The van der Waals surface area contributed by atoms with Crippen LogP contribution in [0.3, 0.4) is 0 Å². The second-order valence-corrected chi connectivity index (χ2v) is 8.35. The van der Waals surface area contributed by atoms with Gasteiger partial charge in [0, 0.05) is 35.5 Å². The number of nitrogens with one attached hydrogen (secondary N) is 1. The van der Waals surface area contributed by atoms with Gasteiger partial charge in [0.1, 0.15) is 17.4 Å². The van der Waals surface area contributed by atoms with Gasteiger partial charge in [-0.25, -0.2) is 8.78 Å². The van der Waals surface area contributed by atoms with Crippen LogP contribution in [0.4, 0.5) is 14.5 Å². The van der Waals surface area contributed by atoms with E-state index in [-0.39, 0.29) is 11.8 Å². The van der Waals surface area contributed by atoms with Gasteiger partial charge in [0.05, 0.1) is 18.4 Å². The number of anilines is 1. The van der Waals surface area contributed by atoms with Gasteiger partial charge in [-0.3, -0.25) is 14.7 Å². The van der Waals surface area contributed by atoms with Crippen LogP contribution in [0.5, 0.6) is 5.75 Å². The number of piperidine rings is 1. The Morgan fingerprint density at radius 2 is 1.82 bits per heavy atom. The number of benzene rings is 2. The number of methoxy groups -OCH3 is 1. The second-order valence-electron chi connectivity index (χ2n) is 8.35. The van der Waals surface area contributed by atoms with Crippen molar-refractivity contribution >= 4 is 11.6 Å². The Morgan fingerprint density at radius 3 is 2.48 bits per heavy atom. The smallest absolute Gasteiger partial charge is 0.257 e. The summed E-state index contributed by atoms with van der Waals surface area (Å²) in [4.78, 5) is 19.9. The van der Waals surface area contributed by atoms with Crippen LogP contribution >= 0.6 is 0 Å². The maximum Gasteiger partial charge on any atom is 0.257 e. The molecule has 0 radical (unpaired) electrons. The van der Waals surface area contributed by atoms with Crippen molar-refractivity contribution in [1.82, 2.24) is 9.88 Å². The lowest BCUT2D eigenvalue weighted by Gasteiger charge is -2.32. The second kappa shape index (κ2) is 10.1. The van der Waals surface area contributed by atoms with Gasteiger partial charge in [0.15, 0.2) is 0 Å². The van der Waals surface area contributed by atoms with E-state index in [1.165, 1.54) is 12.1 Å². The number of aryl methyl sites for hydroxylation is 1. The summed E-state index contributed by atoms with van der Waals surface area (Å²) in [7, 11) is 1.60. The first kappa shape index (κ1) is 22.9. The Balaban J connectivity index is 1.44. The third-order valence-electron chi connectivity index (χ3n) is 6.04. The minimum Gasteiger partial charge on any atom is -0.497 e. The van der Waals surface area contributed by atoms with Crippen molar-refractivity contribution in [2.24, 2.45) is 0 Å². The summed E-state index contributed by atoms with van der Waals surface area (Å²) in [6.07, 6.45) is 1.62. The summed E-state index contributed by atoms with van der Waals surface area (Å²) in [5, 5.41) is 2.94. The summed E-state index contributed by atoms with van der Waals surface area (Å²) in [6, 6.07) is 14.6. The number of nitrogens with zero attached hydrogens (tertiary/aromatic N) is 2. The Kier molecular flexibility index (Phi) is 6.99. The van der Waals surface area contributed by atoms with Crippen molar-refractivity contribution in [2.75, 3.05) is 25.5 Å². The third-order valence-corrected chi connectivity index (χ3v) is 6.04. The SMILES string of the molecule is COc1ccc(NC(=O)c2ccc(C)nc2C2CCN(Cc3ccc(F)cc3F)CC2)cc1. The number of aromatic nitrogens is 1. The van der Waals surface area contributed by atoms with Gasteiger partial charge < -0.3 is 10.1 Å². The van der Waals surface area contributed by atoms with Gasteiger partial charge in [0.25, 0.3) is 5.91 Å².